The fourth-order valence-corrected chi connectivity index (χ4v) is 2.74. The van der Waals surface area contributed by atoms with Crippen molar-refractivity contribution in [2.45, 2.75) is 32.1 Å². The molecule has 1 aliphatic heterocycles. The molecule has 8 heteroatoms. The number of nitrogens with zero attached hydrogens (tertiary/aromatic N) is 3. The Kier molecular flexibility index (Phi) is 5.28. The molecule has 0 saturated carbocycles. The van der Waals surface area contributed by atoms with Crippen LogP contribution in [0.5, 0.6) is 0 Å². The second-order valence-corrected chi connectivity index (χ2v) is 5.82. The minimum Gasteiger partial charge on any atom is -0.374 e. The summed E-state index contributed by atoms with van der Waals surface area (Å²) in [5.74, 6) is 0.216. The van der Waals surface area contributed by atoms with E-state index in [2.05, 4.69) is 15.5 Å². The molecule has 0 aromatic carbocycles. The van der Waals surface area contributed by atoms with Crippen LogP contribution in [-0.4, -0.2) is 46.5 Å². The van der Waals surface area contributed by atoms with Crippen LogP contribution in [0.25, 0.3) is 0 Å². The molecular weight excluding hydrogens is 278 g/mol. The minimum atomic E-state index is 0.00846. The van der Waals surface area contributed by atoms with Gasteiger partial charge in [-0.05, 0) is 12.8 Å². The molecule has 1 aliphatic rings. The van der Waals surface area contributed by atoms with Crippen LogP contribution in [0.15, 0.2) is 0 Å². The fourth-order valence-electron chi connectivity index (χ4n) is 2.14. The molecule has 7 nitrogen and oxygen atoms in total. The maximum Gasteiger partial charge on any atom is 0.222 e. The number of rotatable bonds is 7. The van der Waals surface area contributed by atoms with Crippen molar-refractivity contribution in [3.63, 3.8) is 0 Å². The van der Waals surface area contributed by atoms with E-state index in [-0.39, 0.29) is 11.8 Å². The van der Waals surface area contributed by atoms with Crippen LogP contribution in [0.2, 0.25) is 0 Å². The Morgan fingerprint density at radius 1 is 1.45 bits per heavy atom. The third kappa shape index (κ3) is 4.44. The molecule has 0 aliphatic carbocycles. The van der Waals surface area contributed by atoms with Gasteiger partial charge in [0.1, 0.15) is 5.01 Å². The summed E-state index contributed by atoms with van der Waals surface area (Å²) in [4.78, 5) is 24.8. The predicted octanol–water partition coefficient (Wildman–Crippen LogP) is 0.182. The number of carbonyl (C=O) groups is 2. The average molecular weight is 297 g/mol. The number of likely N-dealkylation sites (tertiary alicyclic amines) is 1. The summed E-state index contributed by atoms with van der Waals surface area (Å²) in [6.45, 7) is 2.05. The van der Waals surface area contributed by atoms with Gasteiger partial charge in [-0.1, -0.05) is 11.3 Å². The fraction of sp³-hybridized carbons (Fsp3) is 0.667. The number of nitrogens with two attached hydrogens (primary N) is 1. The van der Waals surface area contributed by atoms with Crippen molar-refractivity contribution in [1.82, 2.24) is 20.4 Å². The molecule has 2 heterocycles. The van der Waals surface area contributed by atoms with Gasteiger partial charge in [-0.25, -0.2) is 0 Å². The Morgan fingerprint density at radius 2 is 2.30 bits per heavy atom. The number of nitrogen functional groups attached to an aromatic ring is 1. The highest BCUT2D eigenvalue weighted by Gasteiger charge is 2.19. The minimum absolute atomic E-state index is 0.00846. The van der Waals surface area contributed by atoms with E-state index in [0.717, 1.165) is 18.0 Å². The van der Waals surface area contributed by atoms with Crippen molar-refractivity contribution in [2.75, 3.05) is 25.4 Å². The molecule has 2 rings (SSSR count). The lowest BCUT2D eigenvalue weighted by molar-refractivity contribution is -0.128. The summed E-state index contributed by atoms with van der Waals surface area (Å²) in [6.07, 6.45) is 3.39. The number of amides is 2. The van der Waals surface area contributed by atoms with Gasteiger partial charge in [-0.2, -0.15) is 0 Å². The third-order valence-electron chi connectivity index (χ3n) is 3.15. The summed E-state index contributed by atoms with van der Waals surface area (Å²) in [5, 5.41) is 11.7. The maximum absolute atomic E-state index is 11.6. The molecule has 110 valence electrons. The van der Waals surface area contributed by atoms with Crippen molar-refractivity contribution < 1.29 is 9.59 Å². The first-order valence-electron chi connectivity index (χ1n) is 6.77. The van der Waals surface area contributed by atoms with Crippen molar-refractivity contribution in [1.29, 1.82) is 0 Å². The van der Waals surface area contributed by atoms with Crippen molar-refractivity contribution in [2.24, 2.45) is 0 Å². The Hall–Kier alpha value is -1.70. The molecule has 1 aromatic rings. The second-order valence-electron chi connectivity index (χ2n) is 4.72. The lowest BCUT2D eigenvalue weighted by Crippen LogP contribution is -2.29. The molecule has 3 N–H and O–H groups in total. The van der Waals surface area contributed by atoms with E-state index in [1.165, 1.54) is 11.3 Å². The summed E-state index contributed by atoms with van der Waals surface area (Å²) in [6, 6.07) is 0. The van der Waals surface area contributed by atoms with Crippen LogP contribution >= 0.6 is 11.3 Å². The van der Waals surface area contributed by atoms with E-state index in [9.17, 15) is 9.59 Å². The summed E-state index contributed by atoms with van der Waals surface area (Å²) in [7, 11) is 0. The number of hydrogen-bond donors (Lipinski definition) is 2. The van der Waals surface area contributed by atoms with E-state index >= 15 is 0 Å². The number of nitrogens with one attached hydrogen (secondary N) is 1. The largest absolute Gasteiger partial charge is 0.374 e. The number of hydrogen-bond acceptors (Lipinski definition) is 6. The van der Waals surface area contributed by atoms with Crippen LogP contribution in [0.1, 0.15) is 30.7 Å². The van der Waals surface area contributed by atoms with Gasteiger partial charge in [0.15, 0.2) is 0 Å². The van der Waals surface area contributed by atoms with Crippen LogP contribution < -0.4 is 11.1 Å². The molecule has 0 unspecified atom stereocenters. The van der Waals surface area contributed by atoms with Crippen LogP contribution in [0, 0.1) is 0 Å². The van der Waals surface area contributed by atoms with Gasteiger partial charge in [0.2, 0.25) is 16.9 Å². The smallest absolute Gasteiger partial charge is 0.222 e. The molecule has 0 atom stereocenters. The molecular formula is C12H19N5O2S. The van der Waals surface area contributed by atoms with E-state index < -0.39 is 0 Å². The highest BCUT2D eigenvalue weighted by atomic mass is 32.1. The standard InChI is InChI=1S/C12H19N5O2S/c13-12-16-15-10(20-12)5-6-14-9(18)3-1-7-17-8-2-4-11(17)19/h1-8H2,(H2,13,16)(H,14,18). The van der Waals surface area contributed by atoms with Crippen molar-refractivity contribution in [3.8, 4) is 0 Å². The quantitative estimate of drug-likeness (QED) is 0.747. The molecule has 2 amide bonds. The molecule has 1 fully saturated rings. The molecule has 1 saturated heterocycles. The van der Waals surface area contributed by atoms with E-state index in [1.54, 1.807) is 0 Å². The lowest BCUT2D eigenvalue weighted by atomic mass is 10.2. The van der Waals surface area contributed by atoms with Crippen molar-refractivity contribution in [3.05, 3.63) is 5.01 Å². The zero-order valence-corrected chi connectivity index (χ0v) is 12.1. The molecule has 1 aromatic heterocycles. The van der Waals surface area contributed by atoms with Gasteiger partial charge in [-0.15, -0.1) is 10.2 Å². The second kappa shape index (κ2) is 7.18. The Bertz CT molecular complexity index is 476. The van der Waals surface area contributed by atoms with E-state index in [4.69, 9.17) is 5.73 Å². The first-order chi connectivity index (χ1) is 9.65. The SMILES string of the molecule is Nc1nnc(CCNC(=O)CCCN2CCCC2=O)s1. The van der Waals surface area contributed by atoms with Gasteiger partial charge in [0, 0.05) is 38.9 Å². The number of carbonyl (C=O) groups excluding carboxylic acids is 2. The van der Waals surface area contributed by atoms with E-state index in [1.807, 2.05) is 4.90 Å². The zero-order chi connectivity index (χ0) is 14.4. The molecule has 0 spiro atoms. The van der Waals surface area contributed by atoms with Crippen molar-refractivity contribution >= 4 is 28.3 Å². The summed E-state index contributed by atoms with van der Waals surface area (Å²) < 4.78 is 0. The molecule has 0 radical (unpaired) electrons. The van der Waals surface area contributed by atoms with E-state index in [0.29, 0.717) is 43.9 Å². The number of anilines is 1. The first kappa shape index (κ1) is 14.7. The van der Waals surface area contributed by atoms with Gasteiger partial charge in [0.05, 0.1) is 0 Å². The zero-order valence-electron chi connectivity index (χ0n) is 11.3. The normalized spacial score (nSPS) is 14.8. The summed E-state index contributed by atoms with van der Waals surface area (Å²) in [5.41, 5.74) is 5.47. The maximum atomic E-state index is 11.6. The summed E-state index contributed by atoms with van der Waals surface area (Å²) >= 11 is 1.33. The van der Waals surface area contributed by atoms with Crippen LogP contribution in [-0.2, 0) is 16.0 Å². The molecule has 0 bridgehead atoms. The Balaban J connectivity index is 1.55. The predicted molar refractivity (Wildman–Crippen MR) is 76.1 cm³/mol. The van der Waals surface area contributed by atoms with Gasteiger partial charge in [-0.3, -0.25) is 9.59 Å². The van der Waals surface area contributed by atoms with Gasteiger partial charge in [0.25, 0.3) is 0 Å². The highest BCUT2D eigenvalue weighted by Crippen LogP contribution is 2.11. The van der Waals surface area contributed by atoms with Crippen LogP contribution in [0.4, 0.5) is 5.13 Å². The third-order valence-corrected chi connectivity index (χ3v) is 3.96. The lowest BCUT2D eigenvalue weighted by Gasteiger charge is -2.14. The first-order valence-corrected chi connectivity index (χ1v) is 7.59. The topological polar surface area (TPSA) is 101 Å². The van der Waals surface area contributed by atoms with Gasteiger partial charge < -0.3 is 16.0 Å². The highest BCUT2D eigenvalue weighted by molar-refractivity contribution is 7.15. The monoisotopic (exact) mass is 297 g/mol. The number of aromatic nitrogens is 2. The average Bonchev–Trinajstić information content (AvgIpc) is 2.99. The molecule has 20 heavy (non-hydrogen) atoms. The Labute approximate surface area is 121 Å². The van der Waals surface area contributed by atoms with Gasteiger partial charge >= 0.3 is 0 Å². The van der Waals surface area contributed by atoms with Crippen LogP contribution in [0.3, 0.4) is 0 Å². The Morgan fingerprint density at radius 3 is 2.95 bits per heavy atom.